The van der Waals surface area contributed by atoms with E-state index in [-0.39, 0.29) is 72.1 Å². The summed E-state index contributed by atoms with van der Waals surface area (Å²) in [6, 6.07) is 0. The number of phosphoric acid groups is 1. The Bertz CT molecular complexity index is 473. The third-order valence-corrected chi connectivity index (χ3v) is 4.97. The van der Waals surface area contributed by atoms with Gasteiger partial charge in [0, 0.05) is 6.42 Å². The molecular formula is C21H39Na2O7P. The van der Waals surface area contributed by atoms with E-state index < -0.39 is 26.5 Å². The molecule has 0 aromatic rings. The summed E-state index contributed by atoms with van der Waals surface area (Å²) in [6.45, 7) is 1.15. The van der Waals surface area contributed by atoms with Gasteiger partial charge in [0.2, 0.25) is 0 Å². The van der Waals surface area contributed by atoms with Crippen LogP contribution in [0.25, 0.3) is 0 Å². The van der Waals surface area contributed by atoms with Crippen LogP contribution in [0.5, 0.6) is 0 Å². The smallest absolute Gasteiger partial charge is 0.790 e. The molecule has 172 valence electrons. The van der Waals surface area contributed by atoms with Crippen molar-refractivity contribution >= 4 is 13.8 Å². The van der Waals surface area contributed by atoms with E-state index in [9.17, 15) is 24.3 Å². The molecule has 0 bridgehead atoms. The van der Waals surface area contributed by atoms with Crippen LogP contribution in [-0.2, 0) is 18.6 Å². The van der Waals surface area contributed by atoms with E-state index in [1.807, 2.05) is 0 Å². The van der Waals surface area contributed by atoms with Crippen molar-refractivity contribution in [2.75, 3.05) is 13.2 Å². The van der Waals surface area contributed by atoms with Gasteiger partial charge in [0.15, 0.2) is 0 Å². The maximum atomic E-state index is 11.5. The summed E-state index contributed by atoms with van der Waals surface area (Å²) in [6.07, 6.45) is 18.8. The zero-order valence-electron chi connectivity index (χ0n) is 19.9. The van der Waals surface area contributed by atoms with Gasteiger partial charge in [-0.1, -0.05) is 70.4 Å². The quantitative estimate of drug-likeness (QED) is 0.0690. The number of phosphoric ester groups is 1. The van der Waals surface area contributed by atoms with Crippen molar-refractivity contribution < 1.29 is 92.6 Å². The second kappa shape index (κ2) is 25.9. The predicted molar refractivity (Wildman–Crippen MR) is 110 cm³/mol. The Labute approximate surface area is 232 Å². The van der Waals surface area contributed by atoms with Crippen LogP contribution in [-0.4, -0.2) is 30.4 Å². The summed E-state index contributed by atoms with van der Waals surface area (Å²) >= 11 is 0. The number of rotatable bonds is 20. The molecule has 1 atom stereocenters. The normalized spacial score (nSPS) is 12.3. The van der Waals surface area contributed by atoms with E-state index in [1.54, 1.807) is 0 Å². The Morgan fingerprint density at radius 2 is 1.35 bits per heavy atom. The summed E-state index contributed by atoms with van der Waals surface area (Å²) in [5.74, 6) is -0.450. The first-order valence-corrected chi connectivity index (χ1v) is 12.5. The summed E-state index contributed by atoms with van der Waals surface area (Å²) in [4.78, 5) is 32.1. The Morgan fingerprint density at radius 1 is 0.871 bits per heavy atom. The fourth-order valence-corrected chi connectivity index (χ4v) is 3.18. The third-order valence-electron chi connectivity index (χ3n) is 4.50. The maximum absolute atomic E-state index is 11.5. The van der Waals surface area contributed by atoms with Crippen molar-refractivity contribution in [1.29, 1.82) is 0 Å². The van der Waals surface area contributed by atoms with Crippen molar-refractivity contribution in [2.24, 2.45) is 0 Å². The van der Waals surface area contributed by atoms with E-state index in [0.29, 0.717) is 0 Å². The molecule has 0 saturated carbocycles. The first kappa shape index (κ1) is 36.8. The van der Waals surface area contributed by atoms with Gasteiger partial charge < -0.3 is 28.7 Å². The van der Waals surface area contributed by atoms with Crippen molar-refractivity contribution in [1.82, 2.24) is 0 Å². The van der Waals surface area contributed by atoms with Gasteiger partial charge in [-0.3, -0.25) is 4.79 Å². The van der Waals surface area contributed by atoms with Crippen LogP contribution < -0.4 is 68.9 Å². The van der Waals surface area contributed by atoms with Crippen LogP contribution in [0.2, 0.25) is 0 Å². The van der Waals surface area contributed by atoms with Gasteiger partial charge in [0.1, 0.15) is 12.7 Å². The van der Waals surface area contributed by atoms with E-state index in [4.69, 9.17) is 4.74 Å². The first-order chi connectivity index (χ1) is 13.8. The molecule has 0 radical (unpaired) electrons. The van der Waals surface area contributed by atoms with Gasteiger partial charge in [0.05, 0.1) is 14.4 Å². The number of esters is 1. The number of unbranched alkanes of at least 4 members (excludes halogenated alkanes) is 11. The van der Waals surface area contributed by atoms with Crippen LogP contribution in [0.3, 0.4) is 0 Å². The second-order valence-electron chi connectivity index (χ2n) is 7.41. The Balaban J connectivity index is -0.00000392. The van der Waals surface area contributed by atoms with Crippen molar-refractivity contribution in [3.63, 3.8) is 0 Å². The fourth-order valence-electron chi connectivity index (χ4n) is 2.83. The van der Waals surface area contributed by atoms with Crippen molar-refractivity contribution in [3.8, 4) is 0 Å². The van der Waals surface area contributed by atoms with E-state index >= 15 is 0 Å². The molecule has 0 aromatic heterocycles. The average Bonchev–Trinajstić information content (AvgIpc) is 2.67. The van der Waals surface area contributed by atoms with E-state index in [2.05, 4.69) is 23.6 Å². The standard InChI is InChI=1S/C21H41O7P.2Na/c1-2-3-4-5-6-7-8-9-10-11-12-13-14-15-16-17-21(23)27-18-20(22)19-28-29(24,25)26;;/h9-10,20,22H,2-8,11-19H2,1H3,(H2,24,25,26);;/q;2*+1/p-2. The zero-order valence-corrected chi connectivity index (χ0v) is 24.8. The monoisotopic (exact) mass is 480 g/mol. The largest absolute Gasteiger partial charge is 1.00 e. The van der Waals surface area contributed by atoms with Crippen molar-refractivity contribution in [2.45, 2.75) is 103 Å². The molecule has 1 N–H and O–H groups in total. The molecule has 31 heavy (non-hydrogen) atoms. The predicted octanol–water partition coefficient (Wildman–Crippen LogP) is -2.22. The zero-order chi connectivity index (χ0) is 21.8. The molecule has 0 heterocycles. The van der Waals surface area contributed by atoms with Gasteiger partial charge in [-0.15, -0.1) is 0 Å². The van der Waals surface area contributed by atoms with Crippen molar-refractivity contribution in [3.05, 3.63) is 12.2 Å². The molecule has 10 heteroatoms. The van der Waals surface area contributed by atoms with Crippen LogP contribution >= 0.6 is 7.82 Å². The number of hydrogen-bond acceptors (Lipinski definition) is 7. The first-order valence-electron chi connectivity index (χ1n) is 11.0. The number of ether oxygens (including phenoxy) is 1. The van der Waals surface area contributed by atoms with Crippen LogP contribution in [0.4, 0.5) is 0 Å². The molecular weight excluding hydrogens is 441 g/mol. The van der Waals surface area contributed by atoms with E-state index in [1.165, 1.54) is 44.9 Å². The Hall–Kier alpha value is 1.28. The second-order valence-corrected chi connectivity index (χ2v) is 8.57. The van der Waals surface area contributed by atoms with Crippen LogP contribution in [0, 0.1) is 0 Å². The minimum atomic E-state index is -5.12. The molecule has 0 spiro atoms. The molecule has 0 fully saturated rings. The van der Waals surface area contributed by atoms with Gasteiger partial charge in [0.25, 0.3) is 0 Å². The maximum Gasteiger partial charge on any atom is 1.00 e. The molecule has 0 saturated heterocycles. The number of aliphatic hydroxyl groups is 1. The molecule has 0 aromatic carbocycles. The third kappa shape index (κ3) is 31.3. The average molecular weight is 480 g/mol. The minimum Gasteiger partial charge on any atom is -0.790 e. The number of carbonyl (C=O) groups excluding carboxylic acids is 1. The molecule has 0 aliphatic heterocycles. The Morgan fingerprint density at radius 3 is 1.87 bits per heavy atom. The van der Waals surface area contributed by atoms with Crippen LogP contribution in [0.15, 0.2) is 12.2 Å². The topological polar surface area (TPSA) is 119 Å². The summed E-state index contributed by atoms with van der Waals surface area (Å²) in [7, 11) is -5.12. The van der Waals surface area contributed by atoms with Crippen LogP contribution in [0.1, 0.15) is 96.8 Å². The summed E-state index contributed by atoms with van der Waals surface area (Å²) < 4.78 is 19.0. The molecule has 1 unspecified atom stereocenters. The summed E-state index contributed by atoms with van der Waals surface area (Å²) in [5, 5.41) is 9.36. The number of aliphatic hydroxyl groups excluding tert-OH is 1. The number of hydrogen-bond donors (Lipinski definition) is 1. The SMILES string of the molecule is CCCCCCCCC=CCCCCCCCC(=O)OCC(O)COP(=O)([O-])[O-].[Na+].[Na+]. The van der Waals surface area contributed by atoms with Gasteiger partial charge in [-0.05, 0) is 32.1 Å². The molecule has 0 amide bonds. The van der Waals surface area contributed by atoms with Gasteiger partial charge >= 0.3 is 65.1 Å². The van der Waals surface area contributed by atoms with Gasteiger partial charge in [-0.2, -0.15) is 0 Å². The fraction of sp³-hybridized carbons (Fsp3) is 0.857. The molecule has 0 aliphatic carbocycles. The molecule has 0 aliphatic rings. The van der Waals surface area contributed by atoms with E-state index in [0.717, 1.165) is 38.5 Å². The number of carbonyl (C=O) groups is 1. The van der Waals surface area contributed by atoms with Gasteiger partial charge in [-0.25, -0.2) is 0 Å². The Kier molecular flexibility index (Phi) is 30.8. The minimum absolute atomic E-state index is 0. The summed E-state index contributed by atoms with van der Waals surface area (Å²) in [5.41, 5.74) is 0. The number of allylic oxidation sites excluding steroid dienone is 2. The molecule has 0 rings (SSSR count). The molecule has 7 nitrogen and oxygen atoms in total.